The molecule has 0 saturated heterocycles. The van der Waals surface area contributed by atoms with Crippen molar-refractivity contribution in [2.45, 2.75) is 20.8 Å². The van der Waals surface area contributed by atoms with Crippen molar-refractivity contribution in [3.63, 3.8) is 0 Å². The van der Waals surface area contributed by atoms with E-state index in [1.807, 2.05) is 0 Å². The summed E-state index contributed by atoms with van der Waals surface area (Å²) in [6.45, 7) is 6.21. The molecule has 0 saturated carbocycles. The Morgan fingerprint density at radius 1 is 0.917 bits per heavy atom. The third-order valence-corrected chi connectivity index (χ3v) is 2.58. The first-order chi connectivity index (χ1) is 5.18. The van der Waals surface area contributed by atoms with Gasteiger partial charge < -0.3 is 0 Å². The molecule has 0 bridgehead atoms. The zero-order chi connectivity index (χ0) is 8.74. The predicted molar refractivity (Wildman–Crippen MR) is 49.6 cm³/mol. The van der Waals surface area contributed by atoms with Crippen molar-refractivity contribution in [2.24, 2.45) is 0 Å². The normalized spacial score (nSPS) is 10.9. The summed E-state index contributed by atoms with van der Waals surface area (Å²) in [6.07, 6.45) is 0. The van der Waals surface area contributed by atoms with E-state index in [1.165, 1.54) is 0 Å². The molecule has 0 rings (SSSR count). The van der Waals surface area contributed by atoms with Crippen molar-refractivity contribution in [3.05, 3.63) is 0 Å². The zero-order valence-electron chi connectivity index (χ0n) is 7.20. The van der Waals surface area contributed by atoms with Gasteiger partial charge in [0.15, 0.2) is 0 Å². The molecule has 0 spiro atoms. The van der Waals surface area contributed by atoms with Crippen molar-refractivity contribution in [1.29, 1.82) is 0 Å². The van der Waals surface area contributed by atoms with Gasteiger partial charge in [-0.15, -0.1) is 0 Å². The van der Waals surface area contributed by atoms with Crippen LogP contribution in [0.3, 0.4) is 0 Å². The van der Waals surface area contributed by atoms with Gasteiger partial charge in [-0.3, -0.25) is 13.6 Å². The molecule has 0 radical (unpaired) electrons. The fourth-order valence-corrected chi connectivity index (χ4v) is 1.76. The first-order valence-electron chi connectivity index (χ1n) is 3.72. The molecule has 0 unspecified atom stereocenters. The topological polar surface area (TPSA) is 44.8 Å². The van der Waals surface area contributed by atoms with E-state index in [1.54, 1.807) is 20.8 Å². The summed E-state index contributed by atoms with van der Waals surface area (Å²) >= 11 is 0. The molecule has 4 nitrogen and oxygen atoms in total. The number of rotatable bonds is 6. The van der Waals surface area contributed by atoms with Crippen LogP contribution in [0.25, 0.3) is 0 Å². The van der Waals surface area contributed by atoms with E-state index in [0.29, 0.717) is 19.8 Å². The molecule has 0 aromatic rings. The molecule has 0 aromatic carbocycles. The number of phosphoric ester groups is 1. The minimum atomic E-state index is -3.22. The summed E-state index contributed by atoms with van der Waals surface area (Å²) in [4.78, 5) is 0. The molecule has 0 aliphatic carbocycles. The Balaban J connectivity index is 0. The third-order valence-electron chi connectivity index (χ3n) is 0.862. The van der Waals surface area contributed by atoms with Gasteiger partial charge in [0.05, 0.1) is 19.8 Å². The van der Waals surface area contributed by atoms with Crippen LogP contribution in [0.2, 0.25) is 0 Å². The van der Waals surface area contributed by atoms with E-state index < -0.39 is 7.82 Å². The maximum atomic E-state index is 11.3. The standard InChI is InChI=1S/C6H15O4P.K.H/c1-4-8-11(7,9-5-2)10-6-3;;/h4-6H2,1-3H3;;. The van der Waals surface area contributed by atoms with Gasteiger partial charge in [0.2, 0.25) is 0 Å². The second kappa shape index (κ2) is 9.31. The Bertz CT molecular complexity index is 118. The van der Waals surface area contributed by atoms with E-state index >= 15 is 0 Å². The number of hydrogen-bond acceptors (Lipinski definition) is 4. The van der Waals surface area contributed by atoms with Crippen LogP contribution >= 0.6 is 7.82 Å². The van der Waals surface area contributed by atoms with Crippen LogP contribution in [-0.2, 0) is 18.1 Å². The van der Waals surface area contributed by atoms with E-state index in [0.717, 1.165) is 0 Å². The third kappa shape index (κ3) is 7.18. The molecule has 0 aliphatic rings. The van der Waals surface area contributed by atoms with E-state index in [9.17, 15) is 4.57 Å². The molecule has 0 amide bonds. The van der Waals surface area contributed by atoms with Crippen molar-refractivity contribution in [3.8, 4) is 0 Å². The maximum absolute atomic E-state index is 11.3. The summed E-state index contributed by atoms with van der Waals surface area (Å²) in [7, 11) is -3.22. The van der Waals surface area contributed by atoms with Gasteiger partial charge in [-0.05, 0) is 20.8 Å². The van der Waals surface area contributed by atoms with Crippen molar-refractivity contribution in [1.82, 2.24) is 0 Å². The van der Waals surface area contributed by atoms with Crippen molar-refractivity contribution >= 4 is 59.2 Å². The summed E-state index contributed by atoms with van der Waals surface area (Å²) in [5.74, 6) is 0. The van der Waals surface area contributed by atoms with Crippen molar-refractivity contribution < 1.29 is 18.1 Å². The molecule has 0 heterocycles. The summed E-state index contributed by atoms with van der Waals surface area (Å²) in [5, 5.41) is 0. The SMILES string of the molecule is CCOP(=O)(OCC)OCC.[KH]. The van der Waals surface area contributed by atoms with Gasteiger partial charge >= 0.3 is 59.2 Å². The second-order valence-electron chi connectivity index (χ2n) is 1.70. The van der Waals surface area contributed by atoms with Gasteiger partial charge in [-0.2, -0.15) is 0 Å². The fourth-order valence-electron chi connectivity index (χ4n) is 0.586. The first kappa shape index (κ1) is 16.2. The average molecular weight is 222 g/mol. The van der Waals surface area contributed by atoms with E-state index in [-0.39, 0.29) is 51.4 Å². The fraction of sp³-hybridized carbons (Fsp3) is 1.00. The molecule has 70 valence electrons. The average Bonchev–Trinajstić information content (AvgIpc) is 1.88. The van der Waals surface area contributed by atoms with Crippen molar-refractivity contribution in [2.75, 3.05) is 19.8 Å². The second-order valence-corrected chi connectivity index (χ2v) is 3.37. The molecule has 0 aromatic heterocycles. The summed E-state index contributed by atoms with van der Waals surface area (Å²) < 4.78 is 25.8. The molecule has 0 fully saturated rings. The Morgan fingerprint density at radius 2 is 1.17 bits per heavy atom. The van der Waals surface area contributed by atoms with Crippen LogP contribution in [0.5, 0.6) is 0 Å². The number of hydrogen-bond donors (Lipinski definition) is 0. The minimum absolute atomic E-state index is 0. The van der Waals surface area contributed by atoms with Gasteiger partial charge in [0.25, 0.3) is 0 Å². The quantitative estimate of drug-likeness (QED) is 0.505. The molecule has 0 atom stereocenters. The van der Waals surface area contributed by atoms with Gasteiger partial charge in [-0.1, -0.05) is 0 Å². The molecule has 0 aliphatic heterocycles. The summed E-state index contributed by atoms with van der Waals surface area (Å²) in [5.41, 5.74) is 0. The van der Waals surface area contributed by atoms with Gasteiger partial charge in [0, 0.05) is 0 Å². The van der Waals surface area contributed by atoms with Crippen LogP contribution < -0.4 is 0 Å². The Labute approximate surface area is 116 Å². The van der Waals surface area contributed by atoms with Crippen LogP contribution in [0.15, 0.2) is 0 Å². The molecular weight excluding hydrogens is 206 g/mol. The Kier molecular flexibility index (Phi) is 12.6. The molecule has 0 N–H and O–H groups in total. The first-order valence-corrected chi connectivity index (χ1v) is 5.18. The van der Waals surface area contributed by atoms with Gasteiger partial charge in [0.1, 0.15) is 0 Å². The summed E-state index contributed by atoms with van der Waals surface area (Å²) in [6, 6.07) is 0. The van der Waals surface area contributed by atoms with Crippen LogP contribution in [-0.4, -0.2) is 71.2 Å². The van der Waals surface area contributed by atoms with Crippen LogP contribution in [0.4, 0.5) is 0 Å². The van der Waals surface area contributed by atoms with E-state index in [2.05, 4.69) is 0 Å². The zero-order valence-corrected chi connectivity index (χ0v) is 8.10. The predicted octanol–water partition coefficient (Wildman–Crippen LogP) is 1.56. The van der Waals surface area contributed by atoms with Gasteiger partial charge in [-0.25, -0.2) is 4.57 Å². The monoisotopic (exact) mass is 222 g/mol. The molecule has 6 heteroatoms. The molecular formula is C6H16KO4P. The molecule has 12 heavy (non-hydrogen) atoms. The van der Waals surface area contributed by atoms with Crippen LogP contribution in [0, 0.1) is 0 Å². The number of phosphoric acid groups is 1. The Hall–Kier alpha value is 1.75. The van der Waals surface area contributed by atoms with Crippen LogP contribution in [0.1, 0.15) is 20.8 Å². The van der Waals surface area contributed by atoms with E-state index in [4.69, 9.17) is 13.6 Å². The Morgan fingerprint density at radius 3 is 1.33 bits per heavy atom.